The average Bonchev–Trinajstić information content (AvgIpc) is 2.85. The van der Waals surface area contributed by atoms with Crippen molar-refractivity contribution in [3.8, 4) is 0 Å². The molecule has 2 N–H and O–H groups in total. The Bertz CT molecular complexity index is 1290. The fourth-order valence-electron chi connectivity index (χ4n) is 3.69. The van der Waals surface area contributed by atoms with Crippen molar-refractivity contribution in [3.05, 3.63) is 69.6 Å². The Morgan fingerprint density at radius 2 is 2.08 bits per heavy atom. The SMILES string of the molecule is C[n+]1cccc(C(=O)OCC2=C(C(=O)O)N3C(=O)[C@@H](NC(=O)CSc4cc(Cl)ccc4Cl)C3SC2)c1. The van der Waals surface area contributed by atoms with Crippen molar-refractivity contribution in [2.75, 3.05) is 18.1 Å². The largest absolute Gasteiger partial charge is 0.477 e. The van der Waals surface area contributed by atoms with E-state index in [9.17, 15) is 24.3 Å². The number of halogens is 2. The van der Waals surface area contributed by atoms with Crippen molar-refractivity contribution in [3.63, 3.8) is 0 Å². The Kier molecular flexibility index (Phi) is 8.13. The third-order valence-electron chi connectivity index (χ3n) is 5.37. The molecule has 1 aromatic heterocycles. The molecule has 0 spiro atoms. The number of amides is 2. The van der Waals surface area contributed by atoms with Crippen LogP contribution in [0.4, 0.5) is 0 Å². The number of carboxylic acids is 1. The Balaban J connectivity index is 1.38. The van der Waals surface area contributed by atoms with Gasteiger partial charge in [-0.05, 0) is 24.3 Å². The number of aromatic nitrogens is 1. The fraction of sp³-hybridized carbons (Fsp3) is 0.261. The highest BCUT2D eigenvalue weighted by molar-refractivity contribution is 8.00. The van der Waals surface area contributed by atoms with Crippen molar-refractivity contribution in [1.29, 1.82) is 0 Å². The Morgan fingerprint density at radius 1 is 1.31 bits per heavy atom. The van der Waals surface area contributed by atoms with E-state index >= 15 is 0 Å². The molecule has 0 bridgehead atoms. The summed E-state index contributed by atoms with van der Waals surface area (Å²) in [6.07, 6.45) is 3.35. The number of hydrogen-bond donors (Lipinski definition) is 2. The highest BCUT2D eigenvalue weighted by Crippen LogP contribution is 2.40. The number of esters is 1. The summed E-state index contributed by atoms with van der Waals surface area (Å²) in [5.41, 5.74) is 0.404. The number of fused-ring (bicyclic) bond motifs is 1. The first-order valence-electron chi connectivity index (χ1n) is 10.6. The number of aliphatic carboxylic acids is 1. The monoisotopic (exact) mass is 568 g/mol. The molecule has 9 nitrogen and oxygen atoms in total. The average molecular weight is 569 g/mol. The van der Waals surface area contributed by atoms with Gasteiger partial charge in [0.25, 0.3) is 5.91 Å². The smallest absolute Gasteiger partial charge is 0.352 e. The van der Waals surface area contributed by atoms with Gasteiger partial charge in [0.1, 0.15) is 36.3 Å². The van der Waals surface area contributed by atoms with Crippen LogP contribution in [0.2, 0.25) is 10.0 Å². The molecule has 2 aromatic rings. The minimum atomic E-state index is -1.30. The van der Waals surface area contributed by atoms with Gasteiger partial charge in [0.05, 0.1) is 10.8 Å². The highest BCUT2D eigenvalue weighted by atomic mass is 35.5. The lowest BCUT2D eigenvalue weighted by Crippen LogP contribution is -2.70. The number of carboxylic acid groups (broad SMARTS) is 1. The molecule has 0 saturated carbocycles. The second-order valence-corrected chi connectivity index (χ2v) is 10.9. The Labute approximate surface area is 224 Å². The van der Waals surface area contributed by atoms with Crippen molar-refractivity contribution in [1.82, 2.24) is 10.2 Å². The van der Waals surface area contributed by atoms with Gasteiger partial charge in [-0.2, -0.15) is 0 Å². The lowest BCUT2D eigenvalue weighted by molar-refractivity contribution is -0.671. The summed E-state index contributed by atoms with van der Waals surface area (Å²) in [7, 11) is 1.76. The number of thioether (sulfide) groups is 2. The number of carbonyl (C=O) groups excluding carboxylic acids is 3. The van der Waals surface area contributed by atoms with Crippen LogP contribution in [-0.2, 0) is 26.2 Å². The van der Waals surface area contributed by atoms with Crippen molar-refractivity contribution in [2.45, 2.75) is 16.3 Å². The maximum Gasteiger partial charge on any atom is 0.352 e. The van der Waals surface area contributed by atoms with Crippen LogP contribution in [-0.4, -0.2) is 63.3 Å². The summed E-state index contributed by atoms with van der Waals surface area (Å²) < 4.78 is 7.00. The van der Waals surface area contributed by atoms with E-state index in [2.05, 4.69) is 5.32 Å². The van der Waals surface area contributed by atoms with Crippen LogP contribution in [0.3, 0.4) is 0 Å². The molecule has 188 valence electrons. The van der Waals surface area contributed by atoms with E-state index in [4.69, 9.17) is 27.9 Å². The first kappa shape index (κ1) is 26.3. The van der Waals surface area contributed by atoms with E-state index in [-0.39, 0.29) is 23.8 Å². The molecular weight excluding hydrogens is 549 g/mol. The number of β-lactam (4-membered cyclic amide) rings is 1. The second kappa shape index (κ2) is 11.1. The summed E-state index contributed by atoms with van der Waals surface area (Å²) >= 11 is 14.6. The number of carbonyl (C=O) groups is 4. The minimum absolute atomic E-state index is 0.00129. The third-order valence-corrected chi connectivity index (χ3v) is 8.44. The van der Waals surface area contributed by atoms with Crippen LogP contribution in [0.25, 0.3) is 0 Å². The number of rotatable bonds is 8. The van der Waals surface area contributed by atoms with E-state index in [1.165, 1.54) is 23.5 Å². The Morgan fingerprint density at radius 3 is 2.81 bits per heavy atom. The molecule has 2 atom stereocenters. The van der Waals surface area contributed by atoms with Gasteiger partial charge < -0.3 is 15.2 Å². The van der Waals surface area contributed by atoms with Crippen LogP contribution in [0, 0.1) is 0 Å². The van der Waals surface area contributed by atoms with E-state index in [1.807, 2.05) is 0 Å². The maximum atomic E-state index is 12.8. The molecular formula is C23H20Cl2N3O6S2+. The molecule has 1 fully saturated rings. The molecule has 0 radical (unpaired) electrons. The predicted octanol–water partition coefficient (Wildman–Crippen LogP) is 2.51. The van der Waals surface area contributed by atoms with Gasteiger partial charge in [0.2, 0.25) is 5.91 Å². The fourth-order valence-corrected chi connectivity index (χ4v) is 6.32. The van der Waals surface area contributed by atoms with Crippen LogP contribution in [0.5, 0.6) is 0 Å². The molecule has 0 aliphatic carbocycles. The van der Waals surface area contributed by atoms with E-state index in [1.54, 1.807) is 54.3 Å². The van der Waals surface area contributed by atoms with Gasteiger partial charge in [-0.1, -0.05) is 23.2 Å². The molecule has 36 heavy (non-hydrogen) atoms. The standard InChI is InChI=1S/C23H19Cl2N3O6S2/c1-27-6-2-3-12(8-27)23(33)34-9-13-10-36-21-18(20(30)28(21)19(13)22(31)32)26-17(29)11-35-16-7-14(24)4-5-15(16)25/h2-8,18,21H,9-11H2,1H3,(H-,26,29,31,32)/p+1/t18-,21?/m1/s1. The number of ether oxygens (including phenoxy) is 1. The zero-order valence-electron chi connectivity index (χ0n) is 18.8. The van der Waals surface area contributed by atoms with Gasteiger partial charge in [0.15, 0.2) is 12.4 Å². The maximum absolute atomic E-state index is 12.8. The lowest BCUT2D eigenvalue weighted by Gasteiger charge is -2.49. The van der Waals surface area contributed by atoms with Crippen LogP contribution in [0.1, 0.15) is 10.4 Å². The van der Waals surface area contributed by atoms with Crippen LogP contribution < -0.4 is 9.88 Å². The number of nitrogens with one attached hydrogen (secondary N) is 1. The van der Waals surface area contributed by atoms with Gasteiger partial charge in [0, 0.05) is 27.3 Å². The zero-order chi connectivity index (χ0) is 26.0. The van der Waals surface area contributed by atoms with E-state index in [0.717, 1.165) is 4.90 Å². The highest BCUT2D eigenvalue weighted by Gasteiger charge is 2.54. The molecule has 2 aliphatic heterocycles. The molecule has 1 aromatic carbocycles. The molecule has 2 aliphatic rings. The molecule has 4 rings (SSSR count). The minimum Gasteiger partial charge on any atom is -0.477 e. The van der Waals surface area contributed by atoms with Gasteiger partial charge in [-0.3, -0.25) is 14.5 Å². The number of aryl methyl sites for hydroxylation is 1. The van der Waals surface area contributed by atoms with Crippen molar-refractivity contribution < 1.29 is 33.6 Å². The Hall–Kier alpha value is -2.73. The molecule has 3 heterocycles. The normalized spacial score (nSPS) is 18.9. The van der Waals surface area contributed by atoms with Gasteiger partial charge in [-0.15, -0.1) is 23.5 Å². The van der Waals surface area contributed by atoms with E-state index in [0.29, 0.717) is 26.1 Å². The van der Waals surface area contributed by atoms with Crippen LogP contribution in [0.15, 0.2) is 58.9 Å². The summed E-state index contributed by atoms with van der Waals surface area (Å²) in [6, 6.07) is 7.33. The predicted molar refractivity (Wildman–Crippen MR) is 135 cm³/mol. The quantitative estimate of drug-likeness (QED) is 0.216. The molecule has 13 heteroatoms. The number of nitrogens with zero attached hydrogens (tertiary/aromatic N) is 2. The first-order valence-corrected chi connectivity index (χ1v) is 13.3. The van der Waals surface area contributed by atoms with E-state index < -0.39 is 35.2 Å². The number of pyridine rings is 1. The summed E-state index contributed by atoms with van der Waals surface area (Å²) in [5.74, 6) is -2.62. The zero-order valence-corrected chi connectivity index (χ0v) is 21.9. The number of benzene rings is 1. The lowest BCUT2D eigenvalue weighted by atomic mass is 10.0. The third kappa shape index (κ3) is 5.64. The van der Waals surface area contributed by atoms with Crippen LogP contribution >= 0.6 is 46.7 Å². The van der Waals surface area contributed by atoms with Gasteiger partial charge in [-0.25, -0.2) is 14.2 Å². The summed E-state index contributed by atoms with van der Waals surface area (Å²) in [5, 5.41) is 12.8. The summed E-state index contributed by atoms with van der Waals surface area (Å²) in [6.45, 7) is -0.267. The van der Waals surface area contributed by atoms with Crippen molar-refractivity contribution >= 4 is 70.5 Å². The molecule has 2 amide bonds. The first-order chi connectivity index (χ1) is 17.2. The second-order valence-electron chi connectivity index (χ2n) is 7.91. The van der Waals surface area contributed by atoms with Gasteiger partial charge >= 0.3 is 11.9 Å². The topological polar surface area (TPSA) is 117 Å². The summed E-state index contributed by atoms with van der Waals surface area (Å²) in [4.78, 5) is 51.4. The molecule has 1 saturated heterocycles. The molecule has 1 unspecified atom stereocenters. The number of hydrogen-bond acceptors (Lipinski definition) is 7. The van der Waals surface area contributed by atoms with Crippen molar-refractivity contribution in [2.24, 2.45) is 7.05 Å².